The summed E-state index contributed by atoms with van der Waals surface area (Å²) in [6.45, 7) is 2.84. The predicted octanol–water partition coefficient (Wildman–Crippen LogP) is 2.28. The van der Waals surface area contributed by atoms with Crippen LogP contribution in [-0.4, -0.2) is 44.3 Å². The average molecular weight is 268 g/mol. The van der Waals surface area contributed by atoms with Crippen LogP contribution in [0.15, 0.2) is 16.8 Å². The number of piperidine rings is 1. The summed E-state index contributed by atoms with van der Waals surface area (Å²) in [5, 5.41) is 7.21. The molecule has 2 amide bonds. The first-order chi connectivity index (χ1) is 8.81. The average Bonchev–Trinajstić information content (AvgIpc) is 2.93. The number of methoxy groups -OCH3 is 1. The van der Waals surface area contributed by atoms with Gasteiger partial charge >= 0.3 is 6.03 Å². The number of hydrogen-bond acceptors (Lipinski definition) is 3. The maximum atomic E-state index is 11.8. The van der Waals surface area contributed by atoms with E-state index in [2.05, 4.69) is 22.1 Å². The Kier molecular flexibility index (Phi) is 5.01. The molecule has 0 saturated carbocycles. The van der Waals surface area contributed by atoms with Gasteiger partial charge in [0.15, 0.2) is 0 Å². The van der Waals surface area contributed by atoms with Crippen LogP contribution in [0.25, 0.3) is 0 Å². The number of hydrogen-bond donors (Lipinski definition) is 1. The van der Waals surface area contributed by atoms with Gasteiger partial charge in [-0.15, -0.1) is 0 Å². The molecule has 1 fully saturated rings. The molecule has 2 rings (SSSR count). The maximum absolute atomic E-state index is 11.8. The first-order valence-electron chi connectivity index (χ1n) is 6.35. The highest BCUT2D eigenvalue weighted by atomic mass is 32.1. The third-order valence-corrected chi connectivity index (χ3v) is 4.08. The Labute approximate surface area is 112 Å². The first-order valence-corrected chi connectivity index (χ1v) is 7.29. The highest BCUT2D eigenvalue weighted by molar-refractivity contribution is 7.07. The van der Waals surface area contributed by atoms with E-state index in [1.165, 1.54) is 5.56 Å². The van der Waals surface area contributed by atoms with Crippen LogP contribution in [0.1, 0.15) is 24.3 Å². The quantitative estimate of drug-likeness (QED) is 0.851. The molecular formula is C13H20N2O2S. The second-order valence-corrected chi connectivity index (χ2v) is 5.32. The SMILES string of the molecule is COCCNC(=O)N1CCC(c2ccsc2)CC1. The number of carbonyl (C=O) groups excluding carboxylic acids is 1. The zero-order chi connectivity index (χ0) is 12.8. The van der Waals surface area contributed by atoms with Gasteiger partial charge in [-0.2, -0.15) is 11.3 Å². The highest BCUT2D eigenvalue weighted by Crippen LogP contribution is 2.29. The van der Waals surface area contributed by atoms with Crippen LogP contribution in [0.2, 0.25) is 0 Å². The van der Waals surface area contributed by atoms with E-state index in [-0.39, 0.29) is 6.03 Å². The van der Waals surface area contributed by atoms with Crippen molar-refractivity contribution in [1.82, 2.24) is 10.2 Å². The lowest BCUT2D eigenvalue weighted by atomic mass is 9.91. The standard InChI is InChI=1S/C13H20N2O2S/c1-17-8-5-14-13(16)15-6-2-11(3-7-15)12-4-9-18-10-12/h4,9-11H,2-3,5-8H2,1H3,(H,14,16). The molecule has 1 aliphatic rings. The summed E-state index contributed by atoms with van der Waals surface area (Å²) in [7, 11) is 1.64. The second-order valence-electron chi connectivity index (χ2n) is 4.54. The molecule has 0 aromatic carbocycles. The molecule has 1 aromatic heterocycles. The summed E-state index contributed by atoms with van der Waals surface area (Å²) in [6.07, 6.45) is 2.13. The number of likely N-dealkylation sites (tertiary alicyclic amines) is 1. The predicted molar refractivity (Wildman–Crippen MR) is 73.1 cm³/mol. The number of nitrogens with zero attached hydrogens (tertiary/aromatic N) is 1. The fourth-order valence-corrected chi connectivity index (χ4v) is 3.04. The molecular weight excluding hydrogens is 248 g/mol. The fraction of sp³-hybridized carbons (Fsp3) is 0.615. The van der Waals surface area contributed by atoms with Crippen molar-refractivity contribution in [2.75, 3.05) is 33.4 Å². The second kappa shape index (κ2) is 6.75. The molecule has 0 unspecified atom stereocenters. The van der Waals surface area contributed by atoms with Crippen molar-refractivity contribution in [3.05, 3.63) is 22.4 Å². The Hall–Kier alpha value is -1.07. The topological polar surface area (TPSA) is 41.6 Å². The molecule has 1 saturated heterocycles. The number of thiophene rings is 1. The smallest absolute Gasteiger partial charge is 0.317 e. The molecule has 1 aliphatic heterocycles. The molecule has 1 N–H and O–H groups in total. The van der Waals surface area contributed by atoms with Crippen LogP contribution >= 0.6 is 11.3 Å². The third-order valence-electron chi connectivity index (χ3n) is 3.38. The molecule has 4 nitrogen and oxygen atoms in total. The van der Waals surface area contributed by atoms with Crippen molar-refractivity contribution in [3.8, 4) is 0 Å². The number of ether oxygens (including phenoxy) is 1. The van der Waals surface area contributed by atoms with Crippen molar-refractivity contribution in [2.24, 2.45) is 0 Å². The summed E-state index contributed by atoms with van der Waals surface area (Å²) in [4.78, 5) is 13.7. The molecule has 18 heavy (non-hydrogen) atoms. The van der Waals surface area contributed by atoms with Gasteiger partial charge < -0.3 is 15.0 Å². The van der Waals surface area contributed by atoms with Crippen molar-refractivity contribution >= 4 is 17.4 Å². The fourth-order valence-electron chi connectivity index (χ4n) is 2.30. The lowest BCUT2D eigenvalue weighted by Gasteiger charge is -2.31. The van der Waals surface area contributed by atoms with E-state index in [9.17, 15) is 4.79 Å². The normalized spacial score (nSPS) is 16.8. The van der Waals surface area contributed by atoms with Gasteiger partial charge in [-0.1, -0.05) is 0 Å². The van der Waals surface area contributed by atoms with Gasteiger partial charge in [0.25, 0.3) is 0 Å². The van der Waals surface area contributed by atoms with Crippen LogP contribution in [-0.2, 0) is 4.74 Å². The van der Waals surface area contributed by atoms with Gasteiger partial charge in [-0.3, -0.25) is 0 Å². The Morgan fingerprint density at radius 3 is 2.94 bits per heavy atom. The van der Waals surface area contributed by atoms with Gasteiger partial charge in [0.05, 0.1) is 6.61 Å². The maximum Gasteiger partial charge on any atom is 0.317 e. The Balaban J connectivity index is 1.74. The molecule has 0 radical (unpaired) electrons. The van der Waals surface area contributed by atoms with Crippen molar-refractivity contribution in [3.63, 3.8) is 0 Å². The highest BCUT2D eigenvalue weighted by Gasteiger charge is 2.23. The minimum absolute atomic E-state index is 0.0378. The summed E-state index contributed by atoms with van der Waals surface area (Å²) >= 11 is 1.75. The van der Waals surface area contributed by atoms with E-state index in [4.69, 9.17) is 4.74 Å². The lowest BCUT2D eigenvalue weighted by molar-refractivity contribution is 0.169. The molecule has 0 atom stereocenters. The van der Waals surface area contributed by atoms with Crippen molar-refractivity contribution in [1.29, 1.82) is 0 Å². The van der Waals surface area contributed by atoms with Crippen LogP contribution in [0.3, 0.4) is 0 Å². The minimum atomic E-state index is 0.0378. The monoisotopic (exact) mass is 268 g/mol. The first kappa shape index (κ1) is 13.4. The van der Waals surface area contributed by atoms with Crippen LogP contribution in [0.4, 0.5) is 4.79 Å². The lowest BCUT2D eigenvalue weighted by Crippen LogP contribution is -2.44. The Morgan fingerprint density at radius 1 is 1.56 bits per heavy atom. The number of rotatable bonds is 4. The molecule has 0 spiro atoms. The van der Waals surface area contributed by atoms with E-state index in [1.807, 2.05) is 4.90 Å². The number of carbonyl (C=O) groups is 1. The largest absolute Gasteiger partial charge is 0.383 e. The third kappa shape index (κ3) is 3.46. The molecule has 0 bridgehead atoms. The number of urea groups is 1. The van der Waals surface area contributed by atoms with E-state index in [0.717, 1.165) is 25.9 Å². The zero-order valence-corrected chi connectivity index (χ0v) is 11.5. The van der Waals surface area contributed by atoms with Crippen LogP contribution in [0, 0.1) is 0 Å². The molecule has 0 aliphatic carbocycles. The van der Waals surface area contributed by atoms with Gasteiger partial charge in [0.1, 0.15) is 0 Å². The number of nitrogens with one attached hydrogen (secondary N) is 1. The van der Waals surface area contributed by atoms with E-state index >= 15 is 0 Å². The van der Waals surface area contributed by atoms with E-state index in [1.54, 1.807) is 18.4 Å². The van der Waals surface area contributed by atoms with Gasteiger partial charge in [0.2, 0.25) is 0 Å². The number of amides is 2. The van der Waals surface area contributed by atoms with Gasteiger partial charge in [0, 0.05) is 26.7 Å². The minimum Gasteiger partial charge on any atom is -0.383 e. The van der Waals surface area contributed by atoms with E-state index in [0.29, 0.717) is 19.1 Å². The summed E-state index contributed by atoms with van der Waals surface area (Å²) in [5.74, 6) is 0.624. The Morgan fingerprint density at radius 2 is 2.33 bits per heavy atom. The van der Waals surface area contributed by atoms with Crippen molar-refractivity contribution in [2.45, 2.75) is 18.8 Å². The molecule has 1 aromatic rings. The van der Waals surface area contributed by atoms with Crippen LogP contribution < -0.4 is 5.32 Å². The van der Waals surface area contributed by atoms with Crippen LogP contribution in [0.5, 0.6) is 0 Å². The zero-order valence-electron chi connectivity index (χ0n) is 10.7. The van der Waals surface area contributed by atoms with Gasteiger partial charge in [-0.05, 0) is 41.1 Å². The Bertz CT molecular complexity index is 359. The summed E-state index contributed by atoms with van der Waals surface area (Å²) < 4.78 is 4.91. The molecule has 2 heterocycles. The van der Waals surface area contributed by atoms with E-state index < -0.39 is 0 Å². The molecule has 5 heteroatoms. The molecule has 100 valence electrons. The van der Waals surface area contributed by atoms with Gasteiger partial charge in [-0.25, -0.2) is 4.79 Å². The summed E-state index contributed by atoms with van der Waals surface area (Å²) in [6, 6.07) is 2.24. The summed E-state index contributed by atoms with van der Waals surface area (Å²) in [5.41, 5.74) is 1.43. The van der Waals surface area contributed by atoms with Crippen molar-refractivity contribution < 1.29 is 9.53 Å².